The average molecular weight is 649 g/mol. The molecule has 0 saturated carbocycles. The van der Waals surface area contributed by atoms with E-state index in [1.54, 1.807) is 25.1 Å². The van der Waals surface area contributed by atoms with Gasteiger partial charge in [-0.25, -0.2) is 8.42 Å². The van der Waals surface area contributed by atoms with Gasteiger partial charge in [-0.15, -0.1) is 0 Å². The molecule has 3 aromatic carbocycles. The molecule has 214 valence electrons. The van der Waals surface area contributed by atoms with Crippen molar-refractivity contribution < 1.29 is 18.0 Å². The molecule has 0 spiro atoms. The number of carbonyl (C=O) groups is 2. The Hall–Kier alpha value is -2.88. The van der Waals surface area contributed by atoms with Crippen LogP contribution in [0.25, 0.3) is 0 Å². The number of halogens is 2. The molecule has 2 amide bonds. The summed E-state index contributed by atoms with van der Waals surface area (Å²) in [6, 6.07) is 20.9. The Kier molecular flexibility index (Phi) is 11.2. The summed E-state index contributed by atoms with van der Waals surface area (Å²) in [4.78, 5) is 29.2. The number of anilines is 1. The molecule has 0 radical (unpaired) electrons. The van der Waals surface area contributed by atoms with Crippen LogP contribution in [0.3, 0.4) is 0 Å². The number of aryl methyl sites for hydroxylation is 1. The summed E-state index contributed by atoms with van der Waals surface area (Å²) in [6.45, 7) is 5.81. The molecule has 0 aromatic heterocycles. The van der Waals surface area contributed by atoms with Gasteiger partial charge in [0.25, 0.3) is 0 Å². The number of nitrogens with one attached hydrogen (secondary N) is 1. The maximum Gasteiger partial charge on any atom is 0.244 e. The van der Waals surface area contributed by atoms with E-state index in [0.29, 0.717) is 22.8 Å². The maximum absolute atomic E-state index is 14.1. The van der Waals surface area contributed by atoms with Crippen LogP contribution in [-0.2, 0) is 32.6 Å². The lowest BCUT2D eigenvalue weighted by Gasteiger charge is -2.34. The molecule has 0 unspecified atom stereocenters. The van der Waals surface area contributed by atoms with Gasteiger partial charge in [0.2, 0.25) is 21.8 Å². The number of rotatable bonds is 12. The van der Waals surface area contributed by atoms with Crippen LogP contribution in [0.2, 0.25) is 5.02 Å². The van der Waals surface area contributed by atoms with Gasteiger partial charge in [-0.1, -0.05) is 83.8 Å². The quantitative estimate of drug-likeness (QED) is 0.278. The van der Waals surface area contributed by atoms with Gasteiger partial charge in [0, 0.05) is 29.0 Å². The first-order valence-electron chi connectivity index (χ1n) is 12.9. The van der Waals surface area contributed by atoms with E-state index >= 15 is 0 Å². The molecule has 0 aliphatic carbocycles. The third-order valence-corrected chi connectivity index (χ3v) is 8.16. The molecule has 0 aliphatic heterocycles. The van der Waals surface area contributed by atoms with E-state index in [0.717, 1.165) is 26.2 Å². The monoisotopic (exact) mass is 647 g/mol. The van der Waals surface area contributed by atoms with Crippen molar-refractivity contribution in [1.82, 2.24) is 10.2 Å². The Balaban J connectivity index is 2.07. The summed E-state index contributed by atoms with van der Waals surface area (Å²) < 4.78 is 27.8. The predicted molar refractivity (Wildman–Crippen MR) is 165 cm³/mol. The molecule has 1 atom stereocenters. The van der Waals surface area contributed by atoms with Gasteiger partial charge < -0.3 is 10.2 Å². The smallest absolute Gasteiger partial charge is 0.244 e. The number of benzene rings is 3. The summed E-state index contributed by atoms with van der Waals surface area (Å²) in [5.74, 6) is -0.584. The minimum atomic E-state index is -3.85. The van der Waals surface area contributed by atoms with Crippen LogP contribution in [-0.4, -0.2) is 50.5 Å². The second-order valence-corrected chi connectivity index (χ2v) is 13.5. The topological polar surface area (TPSA) is 86.8 Å². The number of nitrogens with zero attached hydrogens (tertiary/aromatic N) is 2. The Labute approximate surface area is 250 Å². The molecule has 0 fully saturated rings. The van der Waals surface area contributed by atoms with E-state index < -0.39 is 28.5 Å². The lowest BCUT2D eigenvalue weighted by molar-refractivity contribution is -0.140. The molecule has 0 aliphatic rings. The minimum absolute atomic E-state index is 0.113. The van der Waals surface area contributed by atoms with Crippen LogP contribution < -0.4 is 9.62 Å². The molecule has 0 bridgehead atoms. The van der Waals surface area contributed by atoms with Crippen LogP contribution in [0.4, 0.5) is 5.69 Å². The highest BCUT2D eigenvalue weighted by atomic mass is 79.9. The fourth-order valence-corrected chi connectivity index (χ4v) is 5.88. The Morgan fingerprint density at radius 3 is 2.25 bits per heavy atom. The molecule has 0 saturated heterocycles. The zero-order valence-electron chi connectivity index (χ0n) is 23.1. The zero-order valence-corrected chi connectivity index (χ0v) is 26.3. The predicted octanol–water partition coefficient (Wildman–Crippen LogP) is 5.59. The van der Waals surface area contributed by atoms with E-state index in [-0.39, 0.29) is 24.8 Å². The summed E-state index contributed by atoms with van der Waals surface area (Å²) in [5, 5.41) is 3.44. The highest BCUT2D eigenvalue weighted by Gasteiger charge is 2.33. The first kappa shape index (κ1) is 31.6. The number of amides is 2. The fourth-order valence-electron chi connectivity index (χ4n) is 4.30. The summed E-state index contributed by atoms with van der Waals surface area (Å²) >= 11 is 9.59. The van der Waals surface area contributed by atoms with E-state index in [1.165, 1.54) is 4.90 Å². The number of sulfonamides is 1. The molecular weight excluding hydrogens is 614 g/mol. The van der Waals surface area contributed by atoms with Crippen LogP contribution in [0.5, 0.6) is 0 Å². The third kappa shape index (κ3) is 9.08. The van der Waals surface area contributed by atoms with Crippen molar-refractivity contribution in [2.45, 2.75) is 39.8 Å². The van der Waals surface area contributed by atoms with Crippen molar-refractivity contribution in [3.63, 3.8) is 0 Å². The SMILES string of the molecule is Cc1cc(Cl)ccc1N(CC(=O)N(Cc1cccc(Br)c1)[C@H](Cc1ccccc1)C(=O)NCC(C)C)S(C)(=O)=O. The van der Waals surface area contributed by atoms with Gasteiger partial charge in [0.15, 0.2) is 0 Å². The lowest BCUT2D eigenvalue weighted by atomic mass is 10.0. The number of hydrogen-bond acceptors (Lipinski definition) is 4. The van der Waals surface area contributed by atoms with E-state index in [4.69, 9.17) is 11.6 Å². The zero-order chi connectivity index (χ0) is 29.4. The minimum Gasteiger partial charge on any atom is -0.354 e. The molecule has 0 heterocycles. The van der Waals surface area contributed by atoms with Crippen LogP contribution in [0.15, 0.2) is 77.3 Å². The maximum atomic E-state index is 14.1. The van der Waals surface area contributed by atoms with Gasteiger partial charge in [0.05, 0.1) is 11.9 Å². The molecule has 10 heteroatoms. The Morgan fingerprint density at radius 2 is 1.65 bits per heavy atom. The highest BCUT2D eigenvalue weighted by Crippen LogP contribution is 2.26. The van der Waals surface area contributed by atoms with Gasteiger partial charge in [-0.05, 0) is 59.9 Å². The van der Waals surface area contributed by atoms with Gasteiger partial charge >= 0.3 is 0 Å². The van der Waals surface area contributed by atoms with Gasteiger partial charge in [-0.2, -0.15) is 0 Å². The van der Waals surface area contributed by atoms with Crippen molar-refractivity contribution in [1.29, 1.82) is 0 Å². The van der Waals surface area contributed by atoms with Crippen molar-refractivity contribution in [3.05, 3.63) is 99.0 Å². The highest BCUT2D eigenvalue weighted by molar-refractivity contribution is 9.10. The standard InChI is InChI=1S/C30H35BrClN3O4S/c1-21(2)18-33-30(37)28(17-23-9-6-5-7-10-23)34(19-24-11-8-12-25(31)16-24)29(36)20-35(40(4,38)39)27-14-13-26(32)15-22(27)3/h5-16,21,28H,17-20H2,1-4H3,(H,33,37)/t28-/m1/s1. The molecular formula is C30H35BrClN3O4S. The molecule has 7 nitrogen and oxygen atoms in total. The lowest BCUT2D eigenvalue weighted by Crippen LogP contribution is -2.53. The van der Waals surface area contributed by atoms with E-state index in [9.17, 15) is 18.0 Å². The number of carbonyl (C=O) groups excluding carboxylic acids is 2. The van der Waals surface area contributed by atoms with E-state index in [2.05, 4.69) is 21.2 Å². The van der Waals surface area contributed by atoms with Crippen LogP contribution in [0, 0.1) is 12.8 Å². The molecule has 3 rings (SSSR count). The molecule has 3 aromatic rings. The second kappa shape index (κ2) is 14.1. The summed E-state index contributed by atoms with van der Waals surface area (Å²) in [7, 11) is -3.85. The molecule has 1 N–H and O–H groups in total. The van der Waals surface area contributed by atoms with Crippen LogP contribution in [0.1, 0.15) is 30.5 Å². The second-order valence-electron chi connectivity index (χ2n) is 10.2. The largest absolute Gasteiger partial charge is 0.354 e. The van der Waals surface area contributed by atoms with Crippen molar-refractivity contribution >= 4 is 55.1 Å². The first-order valence-corrected chi connectivity index (χ1v) is 16.0. The fraction of sp³-hybridized carbons (Fsp3) is 0.333. The number of hydrogen-bond donors (Lipinski definition) is 1. The Morgan fingerprint density at radius 1 is 0.975 bits per heavy atom. The van der Waals surface area contributed by atoms with Gasteiger partial charge in [0.1, 0.15) is 12.6 Å². The van der Waals surface area contributed by atoms with E-state index in [1.807, 2.05) is 68.4 Å². The third-order valence-electron chi connectivity index (χ3n) is 6.30. The molecule has 40 heavy (non-hydrogen) atoms. The summed E-state index contributed by atoms with van der Waals surface area (Å²) in [5.41, 5.74) is 2.64. The first-order chi connectivity index (χ1) is 18.8. The van der Waals surface area contributed by atoms with Crippen molar-refractivity contribution in [2.24, 2.45) is 5.92 Å². The summed E-state index contributed by atoms with van der Waals surface area (Å²) in [6.07, 6.45) is 1.33. The van der Waals surface area contributed by atoms with Gasteiger partial charge in [-0.3, -0.25) is 13.9 Å². The Bertz CT molecular complexity index is 1430. The normalized spacial score (nSPS) is 12.2. The van der Waals surface area contributed by atoms with Crippen LogP contribution >= 0.6 is 27.5 Å². The van der Waals surface area contributed by atoms with Crippen molar-refractivity contribution in [3.8, 4) is 0 Å². The average Bonchev–Trinajstić information content (AvgIpc) is 2.88. The van der Waals surface area contributed by atoms with Crippen molar-refractivity contribution in [2.75, 3.05) is 23.7 Å².